The molecular weight excluding hydrogens is 1040 g/mol. The first-order chi connectivity index (χ1) is 37.1. The van der Waals surface area contributed by atoms with Crippen LogP contribution in [0.2, 0.25) is 0 Å². The van der Waals surface area contributed by atoms with Crippen LogP contribution in [0.25, 0.3) is 11.1 Å². The summed E-state index contributed by atoms with van der Waals surface area (Å²) in [6, 6.07) is 4.40. The Morgan fingerprint density at radius 2 is 1.34 bits per heavy atom. The zero-order valence-electron chi connectivity index (χ0n) is 43.9. The molecule has 0 fully saturated rings. The number of carbonyl (C=O) groups is 12. The number of carbonyl (C=O) groups excluding carboxylic acids is 10. The normalized spacial score (nSPS) is 14.4. The van der Waals surface area contributed by atoms with E-state index in [0.29, 0.717) is 10.6 Å². The number of rotatable bonds is 29. The highest BCUT2D eigenvalue weighted by molar-refractivity contribution is 6.14. The average molecular weight is 1110 g/mol. The van der Waals surface area contributed by atoms with Gasteiger partial charge in [0, 0.05) is 67.6 Å². The molecule has 426 valence electrons. The van der Waals surface area contributed by atoms with Gasteiger partial charge in [-0.1, -0.05) is 51.1 Å². The zero-order chi connectivity index (χ0) is 58.9. The van der Waals surface area contributed by atoms with E-state index < -0.39 is 183 Å². The van der Waals surface area contributed by atoms with Crippen molar-refractivity contribution in [3.63, 3.8) is 0 Å². The number of carboxylic acid groups (broad SMARTS) is 2. The lowest BCUT2D eigenvalue weighted by Gasteiger charge is -2.41. The second-order valence-electron chi connectivity index (χ2n) is 19.5. The topological polar surface area (TPSA) is 375 Å². The molecule has 2 aromatic carbocycles. The Hall–Kier alpha value is -8.88. The highest BCUT2D eigenvalue weighted by Crippen LogP contribution is 2.41. The summed E-state index contributed by atoms with van der Waals surface area (Å²) in [6.07, 6.45) is 0.458. The third-order valence-corrected chi connectivity index (χ3v) is 12.2. The number of amides is 10. The third-order valence-electron chi connectivity index (χ3n) is 12.2. The largest absolute Gasteiger partial charge is 0.481 e. The number of halogens is 2. The molecule has 0 aliphatic carbocycles. The van der Waals surface area contributed by atoms with E-state index in [4.69, 9.17) is 10.8 Å². The van der Waals surface area contributed by atoms with E-state index in [-0.39, 0.29) is 17.7 Å². The molecule has 11 N–H and O–H groups in total. The van der Waals surface area contributed by atoms with Gasteiger partial charge in [-0.2, -0.15) is 0 Å². The van der Waals surface area contributed by atoms with Crippen LogP contribution in [0.5, 0.6) is 0 Å². The van der Waals surface area contributed by atoms with Crippen LogP contribution in [0, 0.1) is 17.0 Å². The number of imide groups is 1. The van der Waals surface area contributed by atoms with Gasteiger partial charge in [0.05, 0.1) is 12.5 Å². The predicted molar refractivity (Wildman–Crippen MR) is 274 cm³/mol. The molecule has 0 saturated carbocycles. The fourth-order valence-electron chi connectivity index (χ4n) is 8.32. The molecule has 6 atom stereocenters. The van der Waals surface area contributed by atoms with Crippen molar-refractivity contribution in [2.24, 2.45) is 11.1 Å². The van der Waals surface area contributed by atoms with Crippen LogP contribution in [-0.4, -0.2) is 157 Å². The fraction of sp³-hybridized carbons (Fsp3) is 0.423. The summed E-state index contributed by atoms with van der Waals surface area (Å²) in [5.41, 5.74) is 5.76. The average Bonchev–Trinajstić information content (AvgIpc) is 4.03. The van der Waals surface area contributed by atoms with E-state index in [1.165, 1.54) is 18.7 Å². The van der Waals surface area contributed by atoms with Crippen LogP contribution < -0.4 is 37.6 Å². The summed E-state index contributed by atoms with van der Waals surface area (Å²) in [6.45, 7) is 5.05. The maximum Gasteiger partial charge on any atom is 0.326 e. The number of aromatic nitrogens is 1. The Bertz CT molecular complexity index is 2820. The van der Waals surface area contributed by atoms with Gasteiger partial charge >= 0.3 is 11.9 Å². The van der Waals surface area contributed by atoms with Gasteiger partial charge in [-0.05, 0) is 61.9 Å². The Labute approximate surface area is 451 Å². The van der Waals surface area contributed by atoms with E-state index in [2.05, 4.69) is 31.9 Å². The first-order valence-electron chi connectivity index (χ1n) is 24.7. The third kappa shape index (κ3) is 18.7. The number of carboxylic acids is 2. The van der Waals surface area contributed by atoms with Crippen LogP contribution in [0.3, 0.4) is 0 Å². The maximum atomic E-state index is 15.4. The number of nitrogens with two attached hydrogens (primary N) is 1. The smallest absolute Gasteiger partial charge is 0.326 e. The number of benzene rings is 2. The van der Waals surface area contributed by atoms with E-state index in [0.717, 1.165) is 35.9 Å². The van der Waals surface area contributed by atoms with Crippen LogP contribution in [0.4, 0.5) is 8.78 Å². The van der Waals surface area contributed by atoms with Crippen molar-refractivity contribution >= 4 is 71.0 Å². The molecule has 0 radical (unpaired) electrons. The predicted octanol–water partition coefficient (Wildman–Crippen LogP) is -0.500. The lowest BCUT2D eigenvalue weighted by atomic mass is 9.82. The molecule has 0 spiro atoms. The molecule has 0 unspecified atom stereocenters. The lowest BCUT2D eigenvalue weighted by Crippen LogP contribution is -2.58. The quantitative estimate of drug-likeness (QED) is 0.0392. The van der Waals surface area contributed by atoms with Crippen LogP contribution in [-0.2, 0) is 64.1 Å². The highest BCUT2D eigenvalue weighted by atomic mass is 19.1. The number of nitrogens with one attached hydrogen (secondary N) is 6. The van der Waals surface area contributed by atoms with E-state index in [1.807, 2.05) is 12.1 Å². The van der Waals surface area contributed by atoms with Crippen LogP contribution >= 0.6 is 0 Å². The van der Waals surface area contributed by atoms with E-state index in [9.17, 15) is 72.1 Å². The number of primary amides is 1. The molecule has 0 saturated heterocycles. The van der Waals surface area contributed by atoms with E-state index in [1.54, 1.807) is 55.8 Å². The zero-order valence-corrected chi connectivity index (χ0v) is 43.9. The first-order valence-corrected chi connectivity index (χ1v) is 24.7. The number of aliphatic hydroxyl groups excluding tert-OH is 1. The minimum Gasteiger partial charge on any atom is -0.481 e. The summed E-state index contributed by atoms with van der Waals surface area (Å²) in [4.78, 5) is 155. The van der Waals surface area contributed by atoms with Gasteiger partial charge in [-0.25, -0.2) is 13.6 Å². The standard InChI is InChI=1S/C52H64F2N10O15/c1-28(57-41(68)26-64-42(69)14-15-43(64)70)47(74)58-29(2)48(75)61-37(23-39(55)66)50(77)60-35(49(76)56-19-17-40(67)59-36(51(78)79)13-16-45(72)73)18-20-63(44(71)27-65)46(52(3,4)5)38-21-31(33-22-32(53)11-12-34(33)54)25-62(38)24-30-9-7-6-8-10-30/h6-12,14-15,21-22,25,28-29,35-37,46,65H,13,16-20,23-24,26-27H2,1-5H3,(H2,55,66)(H,56,76)(H,57,68)(H,58,74)(H,59,67)(H,60,77)(H,61,75)(H,72,73)(H,78,79)/t28-,29+,35-,36+,37-,46-/m0/s1. The van der Waals surface area contributed by atoms with Crippen molar-refractivity contribution < 1.29 is 81.6 Å². The minimum atomic E-state index is -1.86. The molecule has 4 rings (SSSR count). The molecule has 0 bridgehead atoms. The molecule has 1 aliphatic rings. The summed E-state index contributed by atoms with van der Waals surface area (Å²) in [5, 5.41) is 42.9. The Balaban J connectivity index is 1.66. The molecule has 79 heavy (non-hydrogen) atoms. The molecule has 10 amide bonds. The molecular formula is C52H64F2N10O15. The van der Waals surface area contributed by atoms with Gasteiger partial charge in [-0.3, -0.25) is 57.6 Å². The van der Waals surface area contributed by atoms with Gasteiger partial charge in [0.1, 0.15) is 55.0 Å². The molecule has 1 aliphatic heterocycles. The van der Waals surface area contributed by atoms with Crippen LogP contribution in [0.1, 0.15) is 84.0 Å². The Morgan fingerprint density at radius 3 is 1.94 bits per heavy atom. The number of nitrogens with zero attached hydrogens (tertiary/aromatic N) is 3. The molecule has 2 heterocycles. The van der Waals surface area contributed by atoms with Gasteiger partial charge in [0.15, 0.2) is 0 Å². The van der Waals surface area contributed by atoms with Crippen molar-refractivity contribution in [3.05, 3.63) is 95.8 Å². The number of aliphatic hydroxyl groups is 1. The fourth-order valence-corrected chi connectivity index (χ4v) is 8.32. The van der Waals surface area contributed by atoms with Crippen molar-refractivity contribution in [3.8, 4) is 11.1 Å². The Kier molecular flexibility index (Phi) is 22.6. The number of hydrogen-bond acceptors (Lipinski definition) is 13. The SMILES string of the molecule is C[C@H](NC(=O)CN1C(=O)C=CC1=O)C(=O)N[C@H](C)C(=O)N[C@@H](CC(N)=O)C(=O)N[C@@H](CCN(C(=O)CO)[C@@H](c1cc(-c2cc(F)ccc2F)cn1Cc1ccccc1)C(C)(C)C)C(=O)NCCC(=O)N[C@H](CCC(=O)O)C(=O)O. The van der Waals surface area contributed by atoms with Gasteiger partial charge in [0.2, 0.25) is 47.3 Å². The summed E-state index contributed by atoms with van der Waals surface area (Å²) >= 11 is 0. The molecule has 27 heteroatoms. The van der Waals surface area contributed by atoms with Crippen molar-refractivity contribution in [1.29, 1.82) is 0 Å². The number of hydrogen-bond donors (Lipinski definition) is 10. The lowest BCUT2D eigenvalue weighted by molar-refractivity contribution is -0.143. The molecule has 1 aromatic heterocycles. The van der Waals surface area contributed by atoms with Gasteiger partial charge in [0.25, 0.3) is 11.8 Å². The molecule has 25 nitrogen and oxygen atoms in total. The van der Waals surface area contributed by atoms with Crippen molar-refractivity contribution in [1.82, 2.24) is 46.3 Å². The second-order valence-corrected chi connectivity index (χ2v) is 19.5. The Morgan fingerprint density at radius 1 is 0.722 bits per heavy atom. The van der Waals surface area contributed by atoms with Crippen molar-refractivity contribution in [2.45, 2.75) is 110 Å². The monoisotopic (exact) mass is 1110 g/mol. The summed E-state index contributed by atoms with van der Waals surface area (Å²) < 4.78 is 31.7. The minimum absolute atomic E-state index is 0.106. The maximum absolute atomic E-state index is 15.4. The van der Waals surface area contributed by atoms with Gasteiger partial charge < -0.3 is 62.4 Å². The number of aliphatic carboxylic acids is 2. The van der Waals surface area contributed by atoms with Crippen LogP contribution in [0.15, 0.2) is 72.9 Å². The summed E-state index contributed by atoms with van der Waals surface area (Å²) in [7, 11) is 0. The summed E-state index contributed by atoms with van der Waals surface area (Å²) in [5.74, 6) is -13.9. The second kappa shape index (κ2) is 28.5. The first kappa shape index (κ1) is 62.7. The van der Waals surface area contributed by atoms with Gasteiger partial charge in [-0.15, -0.1) is 0 Å². The van der Waals surface area contributed by atoms with E-state index >= 15 is 4.39 Å². The molecule has 3 aromatic rings. The highest BCUT2D eigenvalue weighted by Gasteiger charge is 2.39. The van der Waals surface area contributed by atoms with Crippen molar-refractivity contribution in [2.75, 3.05) is 26.2 Å².